The second kappa shape index (κ2) is 2.62. The summed E-state index contributed by atoms with van der Waals surface area (Å²) < 4.78 is 39.7. The van der Waals surface area contributed by atoms with E-state index in [2.05, 4.69) is 0 Å². The Bertz CT molecular complexity index is 173. The highest BCUT2D eigenvalue weighted by Gasteiger charge is 2.62. The van der Waals surface area contributed by atoms with Crippen LogP contribution >= 0.6 is 0 Å². The first-order chi connectivity index (χ1) is 5.29. The van der Waals surface area contributed by atoms with Crippen LogP contribution in [0.15, 0.2) is 0 Å². The molecule has 0 N–H and O–H groups in total. The number of rotatable bonds is 2. The fourth-order valence-corrected chi connectivity index (χ4v) is 1.54. The molecule has 1 nitrogen and oxygen atoms in total. The molecule has 0 aromatic heterocycles. The van der Waals surface area contributed by atoms with Gasteiger partial charge in [-0.2, -0.15) is 0 Å². The number of halogens is 3. The van der Waals surface area contributed by atoms with Crippen molar-refractivity contribution in [1.82, 2.24) is 4.90 Å². The van der Waals surface area contributed by atoms with Crippen LogP contribution in [0, 0.1) is 5.92 Å². The summed E-state index contributed by atoms with van der Waals surface area (Å²) in [4.78, 5) is 1.55. The predicted molar refractivity (Wildman–Crippen MR) is 41.1 cm³/mol. The number of hydrogen-bond acceptors (Lipinski definition) is 1. The second-order valence-corrected chi connectivity index (χ2v) is 3.92. The van der Waals surface area contributed by atoms with Crippen molar-refractivity contribution in [3.05, 3.63) is 0 Å². The summed E-state index contributed by atoms with van der Waals surface area (Å²) in [5.41, 5.74) is -2.30. The van der Waals surface area contributed by atoms with E-state index in [1.165, 1.54) is 13.8 Å². The van der Waals surface area contributed by atoms with Crippen molar-refractivity contribution in [2.24, 2.45) is 5.92 Å². The lowest BCUT2D eigenvalue weighted by Gasteiger charge is -2.47. The molecule has 0 aromatic carbocycles. The molecule has 1 heterocycles. The number of alkyl halides is 3. The van der Waals surface area contributed by atoms with Gasteiger partial charge >= 0.3 is 0 Å². The van der Waals surface area contributed by atoms with E-state index in [1.807, 2.05) is 0 Å². The molecule has 1 aliphatic rings. The smallest absolute Gasteiger partial charge is 0.286 e. The Morgan fingerprint density at radius 1 is 1.33 bits per heavy atom. The monoisotopic (exact) mass is 181 g/mol. The molecule has 1 rings (SSSR count). The van der Waals surface area contributed by atoms with Gasteiger partial charge in [0.1, 0.15) is 0 Å². The van der Waals surface area contributed by atoms with Gasteiger partial charge in [0, 0.05) is 19.0 Å². The Kier molecular flexibility index (Phi) is 2.15. The molecule has 72 valence electrons. The van der Waals surface area contributed by atoms with Crippen molar-refractivity contribution < 1.29 is 13.2 Å². The van der Waals surface area contributed by atoms with Gasteiger partial charge in [-0.1, -0.05) is 13.8 Å². The zero-order valence-electron chi connectivity index (χ0n) is 7.57. The molecular formula is C8H14F3N. The van der Waals surface area contributed by atoms with Gasteiger partial charge in [-0.3, -0.25) is 4.90 Å². The summed E-state index contributed by atoms with van der Waals surface area (Å²) in [6.07, 6.45) is 0. The van der Waals surface area contributed by atoms with E-state index in [0.717, 1.165) is 0 Å². The Morgan fingerprint density at radius 2 is 1.75 bits per heavy atom. The fourth-order valence-electron chi connectivity index (χ4n) is 1.54. The topological polar surface area (TPSA) is 3.24 Å². The minimum Gasteiger partial charge on any atom is -0.299 e. The molecule has 0 amide bonds. The van der Waals surface area contributed by atoms with Crippen molar-refractivity contribution in [1.29, 1.82) is 0 Å². The molecule has 0 saturated carbocycles. The molecule has 1 aliphatic heterocycles. The molecule has 0 unspecified atom stereocenters. The minimum atomic E-state index is -3.19. The van der Waals surface area contributed by atoms with Crippen molar-refractivity contribution in [3.63, 3.8) is 0 Å². The molecule has 0 atom stereocenters. The molecule has 0 aromatic rings. The van der Waals surface area contributed by atoms with Crippen molar-refractivity contribution >= 4 is 0 Å². The third-order valence-electron chi connectivity index (χ3n) is 2.36. The van der Waals surface area contributed by atoms with Gasteiger partial charge in [0.25, 0.3) is 5.92 Å². The van der Waals surface area contributed by atoms with Crippen LogP contribution in [0.3, 0.4) is 0 Å². The van der Waals surface area contributed by atoms with Crippen molar-refractivity contribution in [2.45, 2.75) is 25.4 Å². The third kappa shape index (κ3) is 1.22. The molecule has 1 fully saturated rings. The predicted octanol–water partition coefficient (Wildman–Crippen LogP) is 1.93. The Labute approximate surface area is 70.5 Å². The average Bonchev–Trinajstić information content (AvgIpc) is 1.83. The van der Waals surface area contributed by atoms with Crippen LogP contribution in [0.4, 0.5) is 13.2 Å². The van der Waals surface area contributed by atoms with Crippen LogP contribution in [0.2, 0.25) is 0 Å². The van der Waals surface area contributed by atoms with Gasteiger partial charge < -0.3 is 0 Å². The van der Waals surface area contributed by atoms with Gasteiger partial charge in [0.05, 0.1) is 0 Å². The maximum absolute atomic E-state index is 13.4. The van der Waals surface area contributed by atoms with Crippen LogP contribution in [0.1, 0.15) is 13.8 Å². The standard InChI is InChI=1S/C8H14F3N/c1-6(2)8(10,11)7(9)4-12(3)5-7/h6H,4-5H2,1-3H3. The first-order valence-electron chi connectivity index (χ1n) is 4.05. The van der Waals surface area contributed by atoms with Crippen LogP contribution < -0.4 is 0 Å². The molecule has 0 aliphatic carbocycles. The molecule has 1 saturated heterocycles. The Morgan fingerprint density at radius 3 is 2.00 bits per heavy atom. The normalized spacial score (nSPS) is 24.2. The molecule has 12 heavy (non-hydrogen) atoms. The highest BCUT2D eigenvalue weighted by atomic mass is 19.3. The van der Waals surface area contributed by atoms with E-state index in [1.54, 1.807) is 11.9 Å². The van der Waals surface area contributed by atoms with Gasteiger partial charge in [-0.15, -0.1) is 0 Å². The summed E-state index contributed by atoms with van der Waals surface area (Å²) >= 11 is 0. The van der Waals surface area contributed by atoms with Gasteiger partial charge in [-0.25, -0.2) is 13.2 Å². The molecule has 4 heteroatoms. The highest BCUT2D eigenvalue weighted by Crippen LogP contribution is 2.43. The van der Waals surface area contributed by atoms with Crippen LogP contribution in [-0.4, -0.2) is 36.6 Å². The van der Waals surface area contributed by atoms with Crippen LogP contribution in [0.5, 0.6) is 0 Å². The maximum Gasteiger partial charge on any atom is 0.286 e. The molecule has 0 radical (unpaired) electrons. The zero-order valence-corrected chi connectivity index (χ0v) is 7.57. The Hall–Kier alpha value is -0.250. The van der Waals surface area contributed by atoms with Gasteiger partial charge in [0.2, 0.25) is 0 Å². The van der Waals surface area contributed by atoms with Crippen LogP contribution in [0.25, 0.3) is 0 Å². The van der Waals surface area contributed by atoms with E-state index in [9.17, 15) is 13.2 Å². The van der Waals surface area contributed by atoms with Crippen molar-refractivity contribution in [3.8, 4) is 0 Å². The highest BCUT2D eigenvalue weighted by molar-refractivity contribution is 5.05. The van der Waals surface area contributed by atoms with Crippen LogP contribution in [-0.2, 0) is 0 Å². The van der Waals surface area contributed by atoms with E-state index >= 15 is 0 Å². The quantitative estimate of drug-likeness (QED) is 0.629. The fraction of sp³-hybridized carbons (Fsp3) is 1.00. The van der Waals surface area contributed by atoms with E-state index < -0.39 is 17.5 Å². The van der Waals surface area contributed by atoms with Crippen molar-refractivity contribution in [2.75, 3.05) is 20.1 Å². The number of hydrogen-bond donors (Lipinski definition) is 0. The second-order valence-electron chi connectivity index (χ2n) is 3.92. The minimum absolute atomic E-state index is 0.155. The maximum atomic E-state index is 13.4. The van der Waals surface area contributed by atoms with Gasteiger partial charge in [0.15, 0.2) is 5.67 Å². The summed E-state index contributed by atoms with van der Waals surface area (Å²) in [7, 11) is 1.63. The summed E-state index contributed by atoms with van der Waals surface area (Å²) in [6.45, 7) is 2.38. The zero-order chi connectivity index (χ0) is 9.57. The van der Waals surface area contributed by atoms with Gasteiger partial charge in [-0.05, 0) is 7.05 Å². The molecule has 0 bridgehead atoms. The van der Waals surface area contributed by atoms with E-state index in [4.69, 9.17) is 0 Å². The lowest BCUT2D eigenvalue weighted by Crippen LogP contribution is -2.67. The first kappa shape index (κ1) is 9.84. The summed E-state index contributed by atoms with van der Waals surface area (Å²) in [6, 6.07) is 0. The number of likely N-dealkylation sites (tertiary alicyclic amines) is 1. The SMILES string of the molecule is CC(C)C(F)(F)C1(F)CN(C)C1. The van der Waals surface area contributed by atoms with E-state index in [-0.39, 0.29) is 13.1 Å². The first-order valence-corrected chi connectivity index (χ1v) is 4.05. The summed E-state index contributed by atoms with van der Waals surface area (Å²) in [5.74, 6) is -4.13. The Balaban J connectivity index is 2.69. The lowest BCUT2D eigenvalue weighted by molar-refractivity contribution is -0.217. The number of nitrogens with zero attached hydrogens (tertiary/aromatic N) is 1. The molecule has 0 spiro atoms. The van der Waals surface area contributed by atoms with E-state index in [0.29, 0.717) is 0 Å². The average molecular weight is 181 g/mol. The third-order valence-corrected chi connectivity index (χ3v) is 2.36. The lowest BCUT2D eigenvalue weighted by atomic mass is 9.83. The largest absolute Gasteiger partial charge is 0.299 e. The molecular weight excluding hydrogens is 167 g/mol. The summed E-state index contributed by atoms with van der Waals surface area (Å²) in [5, 5.41) is 0.